The van der Waals surface area contributed by atoms with E-state index in [0.717, 1.165) is 36.6 Å². The number of benzene rings is 1. The fourth-order valence-electron chi connectivity index (χ4n) is 4.65. The number of para-hydroxylation sites is 1. The Balaban J connectivity index is 1.33. The second-order valence-electron chi connectivity index (χ2n) is 8.05. The minimum absolute atomic E-state index is 0.0330. The molecule has 0 bridgehead atoms. The van der Waals surface area contributed by atoms with Gasteiger partial charge in [-0.25, -0.2) is 13.4 Å². The van der Waals surface area contributed by atoms with E-state index in [4.69, 9.17) is 0 Å². The van der Waals surface area contributed by atoms with Crippen molar-refractivity contribution in [1.29, 1.82) is 0 Å². The van der Waals surface area contributed by atoms with Crippen molar-refractivity contribution in [2.45, 2.75) is 49.3 Å². The molecule has 1 saturated heterocycles. The van der Waals surface area contributed by atoms with Crippen LogP contribution in [0.25, 0.3) is 22.1 Å². The smallest absolute Gasteiger partial charge is 0.233 e. The molecule has 3 aromatic rings. The summed E-state index contributed by atoms with van der Waals surface area (Å²) >= 11 is 1.25. The van der Waals surface area contributed by atoms with Crippen molar-refractivity contribution in [2.24, 2.45) is 0 Å². The SMILES string of the molecule is O=C(CSc1nnc2c(n1)[nH]c1ccccc12)N(C1CCCC1)C1CCS(=O)(=O)C1. The number of nitrogens with zero attached hydrogens (tertiary/aromatic N) is 4. The fourth-order valence-corrected chi connectivity index (χ4v) is 7.02. The van der Waals surface area contributed by atoms with E-state index in [-0.39, 0.29) is 35.2 Å². The number of fused-ring (bicyclic) bond motifs is 3. The van der Waals surface area contributed by atoms with E-state index in [1.165, 1.54) is 11.8 Å². The third-order valence-electron chi connectivity index (χ3n) is 6.04. The molecule has 1 aromatic carbocycles. The quantitative estimate of drug-likeness (QED) is 0.601. The lowest BCUT2D eigenvalue weighted by Gasteiger charge is -2.34. The van der Waals surface area contributed by atoms with E-state index in [0.29, 0.717) is 22.7 Å². The van der Waals surface area contributed by atoms with Gasteiger partial charge >= 0.3 is 0 Å². The highest BCUT2D eigenvalue weighted by molar-refractivity contribution is 7.99. The Kier molecular flexibility index (Phi) is 5.14. The van der Waals surface area contributed by atoms with Gasteiger partial charge in [0, 0.05) is 23.0 Å². The maximum atomic E-state index is 13.1. The molecule has 10 heteroatoms. The minimum atomic E-state index is -3.05. The molecule has 1 amide bonds. The van der Waals surface area contributed by atoms with Crippen LogP contribution >= 0.6 is 11.8 Å². The zero-order chi connectivity index (χ0) is 20.7. The molecule has 2 aliphatic rings. The van der Waals surface area contributed by atoms with Crippen LogP contribution in [0.4, 0.5) is 0 Å². The average molecular weight is 446 g/mol. The van der Waals surface area contributed by atoms with Crippen LogP contribution in [-0.2, 0) is 14.6 Å². The monoisotopic (exact) mass is 445 g/mol. The van der Waals surface area contributed by atoms with Crippen molar-refractivity contribution in [3.05, 3.63) is 24.3 Å². The van der Waals surface area contributed by atoms with Gasteiger partial charge in [-0.2, -0.15) is 0 Å². The van der Waals surface area contributed by atoms with Crippen molar-refractivity contribution in [1.82, 2.24) is 25.1 Å². The number of aromatic amines is 1. The highest BCUT2D eigenvalue weighted by Gasteiger charge is 2.38. The molecule has 1 saturated carbocycles. The highest BCUT2D eigenvalue weighted by atomic mass is 32.2. The number of carbonyl (C=O) groups excluding carboxylic acids is 1. The molecular weight excluding hydrogens is 422 g/mol. The maximum absolute atomic E-state index is 13.1. The van der Waals surface area contributed by atoms with Crippen molar-refractivity contribution in [3.8, 4) is 0 Å². The van der Waals surface area contributed by atoms with Gasteiger partial charge in [-0.15, -0.1) is 10.2 Å². The Hall–Kier alpha value is -2.20. The van der Waals surface area contributed by atoms with Gasteiger partial charge < -0.3 is 9.88 Å². The van der Waals surface area contributed by atoms with Crippen molar-refractivity contribution < 1.29 is 13.2 Å². The van der Waals surface area contributed by atoms with Crippen LogP contribution in [0.2, 0.25) is 0 Å². The Morgan fingerprint density at radius 1 is 1.13 bits per heavy atom. The molecule has 2 aromatic heterocycles. The molecule has 30 heavy (non-hydrogen) atoms. The average Bonchev–Trinajstić information content (AvgIpc) is 3.45. The molecule has 1 aliphatic carbocycles. The summed E-state index contributed by atoms with van der Waals surface area (Å²) in [6, 6.07) is 7.76. The summed E-state index contributed by atoms with van der Waals surface area (Å²) in [5.74, 6) is 0.402. The zero-order valence-corrected chi connectivity index (χ0v) is 18.1. The predicted molar refractivity (Wildman–Crippen MR) is 116 cm³/mol. The van der Waals surface area contributed by atoms with Gasteiger partial charge in [0.05, 0.1) is 17.3 Å². The summed E-state index contributed by atoms with van der Waals surface area (Å²) in [5, 5.41) is 9.90. The standard InChI is InChI=1S/C20H23N5O3S2/c26-17(25(13-5-1-2-6-13)14-9-10-30(27,28)12-14)11-29-20-22-19-18(23-24-20)15-7-3-4-8-16(15)21-19/h3-4,7-8,13-14H,1-2,5-6,9-12H2,(H,21,22,24). The largest absolute Gasteiger partial charge is 0.338 e. The number of hydrogen-bond acceptors (Lipinski definition) is 7. The van der Waals surface area contributed by atoms with Crippen molar-refractivity contribution >= 4 is 49.6 Å². The summed E-state index contributed by atoms with van der Waals surface area (Å²) < 4.78 is 24.0. The number of nitrogens with one attached hydrogen (secondary N) is 1. The van der Waals surface area contributed by atoms with E-state index >= 15 is 0 Å². The second kappa shape index (κ2) is 7.81. The van der Waals surface area contributed by atoms with E-state index < -0.39 is 9.84 Å². The third-order valence-corrected chi connectivity index (χ3v) is 8.61. The van der Waals surface area contributed by atoms with Gasteiger partial charge in [-0.1, -0.05) is 42.8 Å². The van der Waals surface area contributed by atoms with Crippen LogP contribution < -0.4 is 0 Å². The number of H-pyrrole nitrogens is 1. The fraction of sp³-hybridized carbons (Fsp3) is 0.500. The molecule has 8 nitrogen and oxygen atoms in total. The zero-order valence-electron chi connectivity index (χ0n) is 16.5. The number of hydrogen-bond donors (Lipinski definition) is 1. The van der Waals surface area contributed by atoms with Crippen LogP contribution in [-0.4, -0.2) is 68.7 Å². The molecule has 158 valence electrons. The Morgan fingerprint density at radius 3 is 2.70 bits per heavy atom. The van der Waals surface area contributed by atoms with E-state index in [1.54, 1.807) is 0 Å². The lowest BCUT2D eigenvalue weighted by atomic mass is 10.1. The second-order valence-corrected chi connectivity index (χ2v) is 11.2. The number of carbonyl (C=O) groups is 1. The number of sulfone groups is 1. The number of aromatic nitrogens is 4. The Bertz CT molecular complexity index is 1200. The molecular formula is C20H23N5O3S2. The molecule has 2 fully saturated rings. The summed E-state index contributed by atoms with van der Waals surface area (Å²) in [6.07, 6.45) is 4.61. The lowest BCUT2D eigenvalue weighted by Crippen LogP contribution is -2.47. The summed E-state index contributed by atoms with van der Waals surface area (Å²) in [4.78, 5) is 22.8. The van der Waals surface area contributed by atoms with Crippen LogP contribution in [0.15, 0.2) is 29.4 Å². The van der Waals surface area contributed by atoms with Crippen molar-refractivity contribution in [2.75, 3.05) is 17.3 Å². The number of amides is 1. The first-order valence-corrected chi connectivity index (χ1v) is 13.1. The van der Waals surface area contributed by atoms with Gasteiger partial charge in [-0.3, -0.25) is 4.79 Å². The van der Waals surface area contributed by atoms with Crippen molar-refractivity contribution in [3.63, 3.8) is 0 Å². The highest BCUT2D eigenvalue weighted by Crippen LogP contribution is 2.30. The summed E-state index contributed by atoms with van der Waals surface area (Å²) in [7, 11) is -3.05. The van der Waals surface area contributed by atoms with Gasteiger partial charge in [-0.05, 0) is 25.3 Å². The summed E-state index contributed by atoms with van der Waals surface area (Å²) in [5.41, 5.74) is 2.31. The first-order chi connectivity index (χ1) is 14.5. The third kappa shape index (κ3) is 3.78. The van der Waals surface area contributed by atoms with E-state index in [9.17, 15) is 13.2 Å². The molecule has 1 atom stereocenters. The van der Waals surface area contributed by atoms with Gasteiger partial charge in [0.25, 0.3) is 0 Å². The Morgan fingerprint density at radius 2 is 1.93 bits per heavy atom. The molecule has 0 radical (unpaired) electrons. The van der Waals surface area contributed by atoms with Crippen LogP contribution in [0.1, 0.15) is 32.1 Å². The molecule has 1 unspecified atom stereocenters. The Labute approximate surface area is 178 Å². The van der Waals surface area contributed by atoms with Crippen LogP contribution in [0.3, 0.4) is 0 Å². The number of rotatable bonds is 5. The van der Waals surface area contributed by atoms with Gasteiger partial charge in [0.2, 0.25) is 11.1 Å². The topological polar surface area (TPSA) is 109 Å². The molecule has 1 aliphatic heterocycles. The molecule has 3 heterocycles. The lowest BCUT2D eigenvalue weighted by molar-refractivity contribution is -0.132. The van der Waals surface area contributed by atoms with Crippen LogP contribution in [0.5, 0.6) is 0 Å². The first-order valence-electron chi connectivity index (χ1n) is 10.3. The maximum Gasteiger partial charge on any atom is 0.233 e. The molecule has 5 rings (SSSR count). The van der Waals surface area contributed by atoms with Gasteiger partial charge in [0.1, 0.15) is 5.52 Å². The minimum Gasteiger partial charge on any atom is -0.338 e. The van der Waals surface area contributed by atoms with E-state index in [2.05, 4.69) is 20.2 Å². The van der Waals surface area contributed by atoms with Crippen LogP contribution in [0, 0.1) is 0 Å². The predicted octanol–water partition coefficient (Wildman–Crippen LogP) is 2.56. The van der Waals surface area contributed by atoms with Gasteiger partial charge in [0.15, 0.2) is 15.5 Å². The normalized spacial score (nSPS) is 21.5. The van der Waals surface area contributed by atoms with E-state index in [1.807, 2.05) is 29.2 Å². The first kappa shape index (κ1) is 19.7. The summed E-state index contributed by atoms with van der Waals surface area (Å²) in [6.45, 7) is 0. The molecule has 1 N–H and O–H groups in total. The molecule has 0 spiro atoms. The number of thioether (sulfide) groups is 1.